The first kappa shape index (κ1) is 17.3. The molecule has 1 saturated heterocycles. The van der Waals surface area contributed by atoms with E-state index in [1.54, 1.807) is 36.4 Å². The molecule has 2 N–H and O–H groups in total. The van der Waals surface area contributed by atoms with Crippen molar-refractivity contribution in [1.29, 1.82) is 0 Å². The fourth-order valence-electron chi connectivity index (χ4n) is 2.54. The molecule has 7 heteroatoms. The van der Waals surface area contributed by atoms with Crippen LogP contribution < -0.4 is 15.8 Å². The highest BCUT2D eigenvalue weighted by Gasteiger charge is 2.39. The van der Waals surface area contributed by atoms with Crippen molar-refractivity contribution in [3.63, 3.8) is 0 Å². The normalized spacial score (nSPS) is 17.0. The molecule has 3 amide bonds. The number of nitrogens with zero attached hydrogens (tertiary/aromatic N) is 1. The average Bonchev–Trinajstić information content (AvgIpc) is 2.88. The number of halogens is 1. The number of nitrogens with one attached hydrogen (secondary N) is 2. The second kappa shape index (κ2) is 7.16. The molecule has 2 aromatic carbocycles. The monoisotopic (exact) mass is 401 g/mol. The summed E-state index contributed by atoms with van der Waals surface area (Å²) in [6.07, 6.45) is -0.0108. The molecule has 0 saturated carbocycles. The molecule has 1 atom stereocenters. The molecule has 0 aromatic heterocycles. The number of anilines is 1. The molecule has 3 rings (SSSR count). The van der Waals surface area contributed by atoms with Crippen LogP contribution in [-0.2, 0) is 9.59 Å². The van der Waals surface area contributed by atoms with Gasteiger partial charge in [0, 0.05) is 10.0 Å². The Kier molecular flexibility index (Phi) is 4.96. The van der Waals surface area contributed by atoms with Crippen molar-refractivity contribution in [2.24, 2.45) is 0 Å². The minimum absolute atomic E-state index is 0.0108. The lowest BCUT2D eigenvalue weighted by Crippen LogP contribution is -2.48. The molecule has 0 bridgehead atoms. The van der Waals surface area contributed by atoms with E-state index in [0.29, 0.717) is 11.3 Å². The third-order valence-electron chi connectivity index (χ3n) is 3.91. The predicted octanol–water partition coefficient (Wildman–Crippen LogP) is 2.32. The number of rotatable bonds is 4. The van der Waals surface area contributed by atoms with Crippen molar-refractivity contribution in [3.05, 3.63) is 64.1 Å². The lowest BCUT2D eigenvalue weighted by atomic mass is 10.1. The molecule has 0 unspecified atom stereocenters. The summed E-state index contributed by atoms with van der Waals surface area (Å²) < 4.78 is 0.857. The number of carbonyl (C=O) groups is 3. The van der Waals surface area contributed by atoms with E-state index in [2.05, 4.69) is 26.8 Å². The predicted molar refractivity (Wildman–Crippen MR) is 96.8 cm³/mol. The summed E-state index contributed by atoms with van der Waals surface area (Å²) in [7, 11) is 0. The smallest absolute Gasteiger partial charge is 0.265 e. The molecule has 2 aromatic rings. The third kappa shape index (κ3) is 3.78. The molecule has 1 fully saturated rings. The molecular weight excluding hydrogens is 386 g/mol. The quantitative estimate of drug-likeness (QED) is 0.608. The lowest BCUT2D eigenvalue weighted by molar-refractivity contribution is -0.121. The maximum atomic E-state index is 12.5. The van der Waals surface area contributed by atoms with Crippen molar-refractivity contribution >= 4 is 39.3 Å². The van der Waals surface area contributed by atoms with Gasteiger partial charge in [-0.05, 0) is 43.3 Å². The third-order valence-corrected chi connectivity index (χ3v) is 4.43. The first-order valence-electron chi connectivity index (χ1n) is 7.70. The number of amides is 3. The second-order valence-electron chi connectivity index (χ2n) is 5.77. The Labute approximate surface area is 153 Å². The summed E-state index contributed by atoms with van der Waals surface area (Å²) >= 11 is 3.32. The Balaban J connectivity index is 1.65. The molecule has 128 valence electrons. The topological polar surface area (TPSA) is 78.5 Å². The van der Waals surface area contributed by atoms with Gasteiger partial charge in [-0.2, -0.15) is 0 Å². The van der Waals surface area contributed by atoms with Crippen LogP contribution in [0, 0.1) is 6.92 Å². The zero-order chi connectivity index (χ0) is 18.0. The molecule has 1 aliphatic heterocycles. The number of hydrogen-bond donors (Lipinski definition) is 2. The van der Waals surface area contributed by atoms with Crippen LogP contribution in [-0.4, -0.2) is 23.8 Å². The number of hydrogen-bond acceptors (Lipinski definition) is 4. The van der Waals surface area contributed by atoms with Crippen molar-refractivity contribution in [1.82, 2.24) is 10.9 Å². The van der Waals surface area contributed by atoms with Crippen LogP contribution in [0.4, 0.5) is 5.69 Å². The van der Waals surface area contributed by atoms with Crippen LogP contribution >= 0.6 is 15.9 Å². The van der Waals surface area contributed by atoms with Crippen molar-refractivity contribution < 1.29 is 14.4 Å². The van der Waals surface area contributed by atoms with E-state index < -0.39 is 11.9 Å². The van der Waals surface area contributed by atoms with Gasteiger partial charge in [-0.3, -0.25) is 19.8 Å². The van der Waals surface area contributed by atoms with E-state index in [1.807, 2.05) is 19.1 Å². The minimum atomic E-state index is -0.787. The second-order valence-corrected chi connectivity index (χ2v) is 6.68. The summed E-state index contributed by atoms with van der Waals surface area (Å²) in [5.74, 6) is -1.06. The molecule has 25 heavy (non-hydrogen) atoms. The largest absolute Gasteiger partial charge is 0.287 e. The van der Waals surface area contributed by atoms with Gasteiger partial charge in [-0.15, -0.1) is 0 Å². The Bertz CT molecular complexity index is 818. The lowest BCUT2D eigenvalue weighted by Gasteiger charge is -2.16. The Morgan fingerprint density at radius 2 is 1.72 bits per heavy atom. The van der Waals surface area contributed by atoms with E-state index >= 15 is 0 Å². The highest BCUT2D eigenvalue weighted by Crippen LogP contribution is 2.24. The molecular formula is C18H16BrN3O3. The fourth-order valence-corrected chi connectivity index (χ4v) is 2.80. The first-order valence-corrected chi connectivity index (χ1v) is 8.50. The van der Waals surface area contributed by atoms with Gasteiger partial charge < -0.3 is 0 Å². The highest BCUT2D eigenvalue weighted by molar-refractivity contribution is 9.10. The Morgan fingerprint density at radius 1 is 1.08 bits per heavy atom. The maximum absolute atomic E-state index is 12.5. The van der Waals surface area contributed by atoms with Gasteiger partial charge in [0.25, 0.3) is 11.8 Å². The zero-order valence-electron chi connectivity index (χ0n) is 13.5. The van der Waals surface area contributed by atoms with Gasteiger partial charge in [0.15, 0.2) is 0 Å². The average molecular weight is 402 g/mol. The van der Waals surface area contributed by atoms with Gasteiger partial charge in [-0.1, -0.05) is 33.6 Å². The summed E-state index contributed by atoms with van der Waals surface area (Å²) in [6, 6.07) is 13.2. The number of imide groups is 1. The van der Waals surface area contributed by atoms with Gasteiger partial charge in [-0.25, -0.2) is 10.3 Å². The molecule has 6 nitrogen and oxygen atoms in total. The standard InChI is InChI=1S/C18H16BrN3O3/c1-11-2-4-12(5-3-11)17(24)21-20-15-10-16(23)22(18(15)25)14-8-6-13(19)7-9-14/h2-9,15,20H,10H2,1H3,(H,21,24)/t15-/m0/s1. The zero-order valence-corrected chi connectivity index (χ0v) is 15.0. The number of benzene rings is 2. The Morgan fingerprint density at radius 3 is 2.36 bits per heavy atom. The molecule has 1 heterocycles. The van der Waals surface area contributed by atoms with Crippen LogP contribution in [0.3, 0.4) is 0 Å². The van der Waals surface area contributed by atoms with E-state index in [9.17, 15) is 14.4 Å². The highest BCUT2D eigenvalue weighted by atomic mass is 79.9. The number of hydrazine groups is 1. The van der Waals surface area contributed by atoms with Gasteiger partial charge in [0.05, 0.1) is 12.1 Å². The van der Waals surface area contributed by atoms with E-state index in [1.165, 1.54) is 0 Å². The van der Waals surface area contributed by atoms with Crippen molar-refractivity contribution in [2.45, 2.75) is 19.4 Å². The van der Waals surface area contributed by atoms with E-state index in [4.69, 9.17) is 0 Å². The van der Waals surface area contributed by atoms with Crippen LogP contribution in [0.15, 0.2) is 53.0 Å². The summed E-state index contributed by atoms with van der Waals surface area (Å²) in [5.41, 5.74) is 7.19. The van der Waals surface area contributed by atoms with Crippen molar-refractivity contribution in [3.8, 4) is 0 Å². The van der Waals surface area contributed by atoms with E-state index in [-0.39, 0.29) is 18.2 Å². The Hall–Kier alpha value is -2.51. The summed E-state index contributed by atoms with van der Waals surface area (Å²) in [6.45, 7) is 1.93. The van der Waals surface area contributed by atoms with Crippen molar-refractivity contribution in [2.75, 3.05) is 4.90 Å². The van der Waals surface area contributed by atoms with E-state index in [0.717, 1.165) is 14.9 Å². The molecule has 0 radical (unpaired) electrons. The number of aryl methyl sites for hydroxylation is 1. The molecule has 0 spiro atoms. The van der Waals surface area contributed by atoms with Gasteiger partial charge in [0.1, 0.15) is 6.04 Å². The maximum Gasteiger partial charge on any atom is 0.265 e. The molecule has 1 aliphatic rings. The SMILES string of the molecule is Cc1ccc(C(=O)NN[C@H]2CC(=O)N(c3ccc(Br)cc3)C2=O)cc1. The van der Waals surface area contributed by atoms with Gasteiger partial charge >= 0.3 is 0 Å². The van der Waals surface area contributed by atoms with Crippen LogP contribution in [0.5, 0.6) is 0 Å². The summed E-state index contributed by atoms with van der Waals surface area (Å²) in [4.78, 5) is 37.9. The minimum Gasteiger partial charge on any atom is -0.287 e. The summed E-state index contributed by atoms with van der Waals surface area (Å²) in [5, 5.41) is 0. The molecule has 0 aliphatic carbocycles. The van der Waals surface area contributed by atoms with Crippen LogP contribution in [0.25, 0.3) is 0 Å². The fraction of sp³-hybridized carbons (Fsp3) is 0.167. The number of carbonyl (C=O) groups excluding carboxylic acids is 3. The van der Waals surface area contributed by atoms with Crippen LogP contribution in [0.2, 0.25) is 0 Å². The first-order chi connectivity index (χ1) is 12.0. The van der Waals surface area contributed by atoms with Gasteiger partial charge in [0.2, 0.25) is 5.91 Å². The van der Waals surface area contributed by atoms with Crippen LogP contribution in [0.1, 0.15) is 22.3 Å².